The highest BCUT2D eigenvalue weighted by Gasteiger charge is 2.13. The second-order valence-electron chi connectivity index (χ2n) is 4.08. The van der Waals surface area contributed by atoms with Crippen LogP contribution in [0.15, 0.2) is 24.3 Å². The van der Waals surface area contributed by atoms with Crippen molar-refractivity contribution in [2.75, 3.05) is 7.11 Å². The van der Waals surface area contributed by atoms with Crippen LogP contribution in [0.2, 0.25) is 0 Å². The third-order valence-electron chi connectivity index (χ3n) is 2.68. The first-order valence-corrected chi connectivity index (χ1v) is 5.44. The molecule has 0 unspecified atom stereocenters. The first-order chi connectivity index (χ1) is 8.51. The van der Waals surface area contributed by atoms with E-state index in [-0.39, 0.29) is 5.69 Å². The van der Waals surface area contributed by atoms with Crippen LogP contribution in [0.3, 0.4) is 0 Å². The number of hydrogen-bond donors (Lipinski definition) is 1. The Morgan fingerprint density at radius 1 is 1.33 bits per heavy atom. The normalized spacial score (nSPS) is 10.4. The summed E-state index contributed by atoms with van der Waals surface area (Å²) < 4.78 is 6.76. The fraction of sp³-hybridized carbons (Fsp3) is 0.231. The van der Waals surface area contributed by atoms with Gasteiger partial charge in [-0.2, -0.15) is 5.10 Å². The molecule has 0 spiro atoms. The number of nitrogens with zero attached hydrogens (tertiary/aromatic N) is 2. The maximum absolute atomic E-state index is 10.9. The van der Waals surface area contributed by atoms with E-state index in [1.54, 1.807) is 24.9 Å². The maximum Gasteiger partial charge on any atom is 0.356 e. The first-order valence-electron chi connectivity index (χ1n) is 5.44. The zero-order valence-electron chi connectivity index (χ0n) is 10.5. The number of aromatic carboxylic acids is 1. The van der Waals surface area contributed by atoms with Gasteiger partial charge in [-0.15, -0.1) is 0 Å². The lowest BCUT2D eigenvalue weighted by atomic mass is 10.1. The number of ether oxygens (including phenoxy) is 1. The minimum absolute atomic E-state index is 0.0352. The van der Waals surface area contributed by atoms with E-state index in [9.17, 15) is 4.79 Å². The maximum atomic E-state index is 10.9. The number of aryl methyl sites for hydroxylation is 2. The average Bonchev–Trinajstić information content (AvgIpc) is 2.70. The summed E-state index contributed by atoms with van der Waals surface area (Å²) in [6, 6.07) is 7.29. The lowest BCUT2D eigenvalue weighted by Crippen LogP contribution is -1.99. The second kappa shape index (κ2) is 4.52. The highest BCUT2D eigenvalue weighted by atomic mass is 16.5. The number of carbonyl (C=O) groups is 1. The molecule has 0 bridgehead atoms. The van der Waals surface area contributed by atoms with Crippen LogP contribution >= 0.6 is 0 Å². The van der Waals surface area contributed by atoms with Gasteiger partial charge in [-0.1, -0.05) is 0 Å². The molecule has 0 amide bonds. The van der Waals surface area contributed by atoms with E-state index >= 15 is 0 Å². The zero-order valence-corrected chi connectivity index (χ0v) is 10.5. The van der Waals surface area contributed by atoms with Crippen LogP contribution in [0.5, 0.6) is 5.75 Å². The molecular weight excluding hydrogens is 232 g/mol. The molecule has 1 heterocycles. The number of hydrogen-bond acceptors (Lipinski definition) is 3. The van der Waals surface area contributed by atoms with Crippen LogP contribution in [0.4, 0.5) is 0 Å². The van der Waals surface area contributed by atoms with Crippen LogP contribution in [0, 0.1) is 6.92 Å². The van der Waals surface area contributed by atoms with E-state index in [2.05, 4.69) is 5.10 Å². The second-order valence-corrected chi connectivity index (χ2v) is 4.08. The van der Waals surface area contributed by atoms with Gasteiger partial charge in [0.15, 0.2) is 5.69 Å². The molecule has 2 rings (SSSR count). The molecule has 0 aliphatic rings. The van der Waals surface area contributed by atoms with Gasteiger partial charge in [0.1, 0.15) is 5.75 Å². The topological polar surface area (TPSA) is 64.3 Å². The molecule has 94 valence electrons. The quantitative estimate of drug-likeness (QED) is 0.900. The van der Waals surface area contributed by atoms with Gasteiger partial charge in [0.25, 0.3) is 0 Å². The Morgan fingerprint density at radius 3 is 2.61 bits per heavy atom. The zero-order chi connectivity index (χ0) is 13.3. The molecule has 1 N–H and O–H groups in total. The van der Waals surface area contributed by atoms with Crippen LogP contribution < -0.4 is 4.74 Å². The van der Waals surface area contributed by atoms with Crippen LogP contribution in [0.1, 0.15) is 16.1 Å². The molecule has 18 heavy (non-hydrogen) atoms. The van der Waals surface area contributed by atoms with E-state index < -0.39 is 5.97 Å². The molecule has 0 fully saturated rings. The summed E-state index contributed by atoms with van der Waals surface area (Å²) in [6.07, 6.45) is 0. The fourth-order valence-corrected chi connectivity index (χ4v) is 1.86. The predicted octanol–water partition coefficient (Wildman–Crippen LogP) is 2.10. The lowest BCUT2D eigenvalue weighted by Gasteiger charge is -2.06. The van der Waals surface area contributed by atoms with E-state index in [1.165, 1.54) is 0 Å². The number of carboxylic acids is 1. The van der Waals surface area contributed by atoms with E-state index in [4.69, 9.17) is 9.84 Å². The lowest BCUT2D eigenvalue weighted by molar-refractivity contribution is 0.0689. The minimum atomic E-state index is -1.03. The number of aromatic nitrogens is 2. The molecule has 1 aromatic heterocycles. The summed E-state index contributed by atoms with van der Waals surface area (Å²) in [6.45, 7) is 1.96. The molecule has 5 heteroatoms. The highest BCUT2D eigenvalue weighted by Crippen LogP contribution is 2.26. The van der Waals surface area contributed by atoms with Gasteiger partial charge in [0, 0.05) is 12.6 Å². The predicted molar refractivity (Wildman–Crippen MR) is 66.9 cm³/mol. The number of carboxylic acid groups (broad SMARTS) is 1. The Labute approximate surface area is 105 Å². The van der Waals surface area contributed by atoms with Crippen molar-refractivity contribution >= 4 is 5.97 Å². The van der Waals surface area contributed by atoms with Crippen molar-refractivity contribution in [1.29, 1.82) is 0 Å². The van der Waals surface area contributed by atoms with Crippen molar-refractivity contribution < 1.29 is 14.6 Å². The first kappa shape index (κ1) is 12.2. The van der Waals surface area contributed by atoms with E-state index in [0.717, 1.165) is 22.6 Å². The minimum Gasteiger partial charge on any atom is -0.497 e. The molecule has 0 saturated carbocycles. The molecular formula is C13H14N2O3. The molecule has 0 atom stereocenters. The Morgan fingerprint density at radius 2 is 2.06 bits per heavy atom. The summed E-state index contributed by atoms with van der Waals surface area (Å²) in [5.74, 6) is -0.292. The van der Waals surface area contributed by atoms with Crippen molar-refractivity contribution in [3.63, 3.8) is 0 Å². The third kappa shape index (κ3) is 2.20. The van der Waals surface area contributed by atoms with Crippen molar-refractivity contribution in [2.24, 2.45) is 7.05 Å². The number of benzene rings is 1. The fourth-order valence-electron chi connectivity index (χ4n) is 1.86. The van der Waals surface area contributed by atoms with Gasteiger partial charge in [-0.05, 0) is 36.8 Å². The van der Waals surface area contributed by atoms with Crippen LogP contribution in [0.25, 0.3) is 11.3 Å². The SMILES string of the molecule is COc1cc(C)cc(-c2cc(C(=O)O)nn2C)c1. The molecule has 0 aliphatic carbocycles. The van der Waals surface area contributed by atoms with Gasteiger partial charge >= 0.3 is 5.97 Å². The van der Waals surface area contributed by atoms with Gasteiger partial charge in [-0.25, -0.2) is 4.79 Å². The van der Waals surface area contributed by atoms with Crippen LogP contribution in [-0.2, 0) is 7.05 Å². The summed E-state index contributed by atoms with van der Waals surface area (Å²) in [5, 5.41) is 12.9. The number of methoxy groups -OCH3 is 1. The molecule has 1 aromatic carbocycles. The molecule has 0 saturated heterocycles. The highest BCUT2D eigenvalue weighted by molar-refractivity contribution is 5.87. The summed E-state index contributed by atoms with van der Waals surface area (Å²) >= 11 is 0. The Hall–Kier alpha value is -2.30. The van der Waals surface area contributed by atoms with Gasteiger partial charge in [0.2, 0.25) is 0 Å². The van der Waals surface area contributed by atoms with Crippen molar-refractivity contribution in [1.82, 2.24) is 9.78 Å². The smallest absolute Gasteiger partial charge is 0.356 e. The molecule has 5 nitrogen and oxygen atoms in total. The van der Waals surface area contributed by atoms with Crippen molar-refractivity contribution in [3.8, 4) is 17.0 Å². The molecule has 2 aromatic rings. The molecule has 0 aliphatic heterocycles. The van der Waals surface area contributed by atoms with Gasteiger partial charge in [-0.3, -0.25) is 4.68 Å². The van der Waals surface area contributed by atoms with E-state index in [1.807, 2.05) is 25.1 Å². The number of rotatable bonds is 3. The summed E-state index contributed by atoms with van der Waals surface area (Å²) in [7, 11) is 3.32. The summed E-state index contributed by atoms with van der Waals surface area (Å²) in [5.41, 5.74) is 2.71. The third-order valence-corrected chi connectivity index (χ3v) is 2.68. The van der Waals surface area contributed by atoms with Gasteiger partial charge < -0.3 is 9.84 Å². The van der Waals surface area contributed by atoms with E-state index in [0.29, 0.717) is 0 Å². The van der Waals surface area contributed by atoms with Crippen LogP contribution in [-0.4, -0.2) is 28.0 Å². The van der Waals surface area contributed by atoms with Crippen molar-refractivity contribution in [3.05, 3.63) is 35.5 Å². The van der Waals surface area contributed by atoms with Gasteiger partial charge in [0.05, 0.1) is 12.8 Å². The van der Waals surface area contributed by atoms with Crippen molar-refractivity contribution in [2.45, 2.75) is 6.92 Å². The Balaban J connectivity index is 2.54. The average molecular weight is 246 g/mol. The standard InChI is InChI=1S/C13H14N2O3/c1-8-4-9(6-10(5-8)18-3)12-7-11(13(16)17)14-15(12)2/h4-7H,1-3H3,(H,16,17). The summed E-state index contributed by atoms with van der Waals surface area (Å²) in [4.78, 5) is 10.9. The Kier molecular flexibility index (Phi) is 3.06. The largest absolute Gasteiger partial charge is 0.497 e. The monoisotopic (exact) mass is 246 g/mol. The molecule has 0 radical (unpaired) electrons. The Bertz CT molecular complexity index is 602.